The van der Waals surface area contributed by atoms with Crippen LogP contribution >= 0.6 is 15.9 Å². The number of hydrogen-bond donors (Lipinski definition) is 1. The molecule has 2 aromatic rings. The average Bonchev–Trinajstić information content (AvgIpc) is 2.42. The summed E-state index contributed by atoms with van der Waals surface area (Å²) in [5, 5.41) is 0. The molecule has 4 heteroatoms. The minimum absolute atomic E-state index is 0.217. The molecule has 0 spiro atoms. The number of aromatic nitrogens is 1. The van der Waals surface area contributed by atoms with Gasteiger partial charge in [-0.2, -0.15) is 0 Å². The Balaban J connectivity index is 2.25. The monoisotopic (exact) mass is 322 g/mol. The van der Waals surface area contributed by atoms with Crippen molar-refractivity contribution in [2.75, 3.05) is 0 Å². The Morgan fingerprint density at radius 1 is 1.32 bits per heavy atom. The molecule has 0 saturated carbocycles. The van der Waals surface area contributed by atoms with Gasteiger partial charge in [-0.15, -0.1) is 0 Å². The normalized spacial score (nSPS) is 12.4. The summed E-state index contributed by atoms with van der Waals surface area (Å²) in [7, 11) is 0. The van der Waals surface area contributed by atoms with Crippen molar-refractivity contribution in [2.24, 2.45) is 5.73 Å². The maximum atomic E-state index is 13.7. The van der Waals surface area contributed by atoms with E-state index in [1.165, 1.54) is 6.07 Å². The van der Waals surface area contributed by atoms with Crippen LogP contribution in [0.2, 0.25) is 0 Å². The van der Waals surface area contributed by atoms with Crippen LogP contribution in [0, 0.1) is 5.82 Å². The molecule has 0 fully saturated rings. The standard InChI is InChI=1S/C15H16BrFN2/c1-2-10-9-19-6-5-13(10)15(18)8-11-7-12(16)3-4-14(11)17/h3-7,9,15H,2,8,18H2,1H3. The second kappa shape index (κ2) is 6.26. The Morgan fingerprint density at radius 2 is 2.11 bits per heavy atom. The maximum Gasteiger partial charge on any atom is 0.126 e. The number of rotatable bonds is 4. The average molecular weight is 323 g/mol. The van der Waals surface area contributed by atoms with Gasteiger partial charge in [-0.25, -0.2) is 4.39 Å². The summed E-state index contributed by atoms with van der Waals surface area (Å²) in [5.41, 5.74) is 8.99. The molecule has 19 heavy (non-hydrogen) atoms. The summed E-state index contributed by atoms with van der Waals surface area (Å²) in [6.07, 6.45) is 4.90. The fourth-order valence-electron chi connectivity index (χ4n) is 2.14. The lowest BCUT2D eigenvalue weighted by atomic mass is 9.96. The van der Waals surface area contributed by atoms with Gasteiger partial charge in [-0.3, -0.25) is 4.98 Å². The van der Waals surface area contributed by atoms with Gasteiger partial charge < -0.3 is 5.73 Å². The van der Waals surface area contributed by atoms with E-state index in [-0.39, 0.29) is 11.9 Å². The summed E-state index contributed by atoms with van der Waals surface area (Å²) >= 11 is 3.35. The molecule has 2 rings (SSSR count). The largest absolute Gasteiger partial charge is 0.324 e. The molecule has 0 aliphatic rings. The fourth-order valence-corrected chi connectivity index (χ4v) is 2.55. The van der Waals surface area contributed by atoms with E-state index in [4.69, 9.17) is 5.73 Å². The predicted octanol–water partition coefficient (Wildman–Crippen LogP) is 3.79. The lowest BCUT2D eigenvalue weighted by Crippen LogP contribution is -2.16. The number of aryl methyl sites for hydroxylation is 1. The highest BCUT2D eigenvalue weighted by Crippen LogP contribution is 2.23. The van der Waals surface area contributed by atoms with Gasteiger partial charge in [0.05, 0.1) is 0 Å². The third kappa shape index (κ3) is 3.39. The van der Waals surface area contributed by atoms with Gasteiger partial charge in [0, 0.05) is 22.9 Å². The smallest absolute Gasteiger partial charge is 0.126 e. The van der Waals surface area contributed by atoms with Gasteiger partial charge >= 0.3 is 0 Å². The van der Waals surface area contributed by atoms with Gasteiger partial charge in [0.15, 0.2) is 0 Å². The van der Waals surface area contributed by atoms with E-state index >= 15 is 0 Å². The van der Waals surface area contributed by atoms with Gasteiger partial charge in [0.1, 0.15) is 5.82 Å². The number of benzene rings is 1. The van der Waals surface area contributed by atoms with Crippen LogP contribution in [-0.4, -0.2) is 4.98 Å². The number of nitrogens with two attached hydrogens (primary N) is 1. The highest BCUT2D eigenvalue weighted by Gasteiger charge is 2.13. The van der Waals surface area contributed by atoms with E-state index in [1.807, 2.05) is 12.3 Å². The quantitative estimate of drug-likeness (QED) is 0.930. The van der Waals surface area contributed by atoms with Crippen molar-refractivity contribution in [3.63, 3.8) is 0 Å². The van der Waals surface area contributed by atoms with Crippen LogP contribution in [0.3, 0.4) is 0 Å². The second-order valence-corrected chi connectivity index (χ2v) is 5.39. The first-order chi connectivity index (χ1) is 9.11. The predicted molar refractivity (Wildman–Crippen MR) is 78.3 cm³/mol. The molecule has 1 atom stereocenters. The molecule has 0 aliphatic carbocycles. The Hall–Kier alpha value is -1.26. The molecular weight excluding hydrogens is 307 g/mol. The molecule has 0 radical (unpaired) electrons. The molecule has 0 aliphatic heterocycles. The minimum Gasteiger partial charge on any atom is -0.324 e. The molecule has 100 valence electrons. The third-order valence-electron chi connectivity index (χ3n) is 3.17. The summed E-state index contributed by atoms with van der Waals surface area (Å²) in [4.78, 5) is 4.10. The van der Waals surface area contributed by atoms with E-state index in [2.05, 4.69) is 27.8 Å². The molecular formula is C15H16BrFN2. The van der Waals surface area contributed by atoms with Crippen LogP contribution in [-0.2, 0) is 12.8 Å². The Bertz CT molecular complexity index is 572. The molecule has 0 bridgehead atoms. The van der Waals surface area contributed by atoms with Crippen molar-refractivity contribution in [1.82, 2.24) is 4.98 Å². The molecule has 2 N–H and O–H groups in total. The lowest BCUT2D eigenvalue weighted by Gasteiger charge is -2.16. The zero-order valence-electron chi connectivity index (χ0n) is 10.7. The molecule has 2 nitrogen and oxygen atoms in total. The van der Waals surface area contributed by atoms with Crippen molar-refractivity contribution in [3.8, 4) is 0 Å². The molecule has 0 saturated heterocycles. The van der Waals surface area contributed by atoms with Crippen molar-refractivity contribution < 1.29 is 4.39 Å². The summed E-state index contributed by atoms with van der Waals surface area (Å²) in [6, 6.07) is 6.62. The van der Waals surface area contributed by atoms with Crippen molar-refractivity contribution in [1.29, 1.82) is 0 Å². The highest BCUT2D eigenvalue weighted by atomic mass is 79.9. The van der Waals surface area contributed by atoms with E-state index in [9.17, 15) is 4.39 Å². The highest BCUT2D eigenvalue weighted by molar-refractivity contribution is 9.10. The van der Waals surface area contributed by atoms with Crippen LogP contribution in [0.4, 0.5) is 4.39 Å². The van der Waals surface area contributed by atoms with Crippen LogP contribution in [0.5, 0.6) is 0 Å². The number of hydrogen-bond acceptors (Lipinski definition) is 2. The number of halogens is 2. The van der Waals surface area contributed by atoms with Crippen LogP contribution in [0.15, 0.2) is 41.1 Å². The molecule has 0 amide bonds. The molecule has 1 heterocycles. The maximum absolute atomic E-state index is 13.7. The zero-order valence-corrected chi connectivity index (χ0v) is 12.3. The second-order valence-electron chi connectivity index (χ2n) is 4.47. The van der Waals surface area contributed by atoms with Crippen LogP contribution in [0.1, 0.15) is 29.7 Å². The van der Waals surface area contributed by atoms with Gasteiger partial charge in [0.2, 0.25) is 0 Å². The van der Waals surface area contributed by atoms with E-state index in [0.29, 0.717) is 12.0 Å². The van der Waals surface area contributed by atoms with E-state index < -0.39 is 0 Å². The first-order valence-electron chi connectivity index (χ1n) is 6.24. The fraction of sp³-hybridized carbons (Fsp3) is 0.267. The van der Waals surface area contributed by atoms with Crippen LogP contribution < -0.4 is 5.73 Å². The van der Waals surface area contributed by atoms with Crippen molar-refractivity contribution in [3.05, 3.63) is 63.6 Å². The Kier molecular flexibility index (Phi) is 4.66. The van der Waals surface area contributed by atoms with Crippen LogP contribution in [0.25, 0.3) is 0 Å². The summed E-state index contributed by atoms with van der Waals surface area (Å²) in [6.45, 7) is 2.06. The summed E-state index contributed by atoms with van der Waals surface area (Å²) < 4.78 is 14.6. The molecule has 1 unspecified atom stereocenters. The van der Waals surface area contributed by atoms with Crippen molar-refractivity contribution in [2.45, 2.75) is 25.8 Å². The lowest BCUT2D eigenvalue weighted by molar-refractivity contribution is 0.591. The third-order valence-corrected chi connectivity index (χ3v) is 3.66. The van der Waals surface area contributed by atoms with Gasteiger partial charge in [-0.05, 0) is 53.8 Å². The van der Waals surface area contributed by atoms with E-state index in [1.54, 1.807) is 18.3 Å². The molecule has 1 aromatic carbocycles. The number of pyridine rings is 1. The van der Waals surface area contributed by atoms with E-state index in [0.717, 1.165) is 22.0 Å². The first kappa shape index (κ1) is 14.2. The topological polar surface area (TPSA) is 38.9 Å². The first-order valence-corrected chi connectivity index (χ1v) is 7.03. The number of nitrogens with zero attached hydrogens (tertiary/aromatic N) is 1. The molecule has 1 aromatic heterocycles. The summed E-state index contributed by atoms with van der Waals surface area (Å²) in [5.74, 6) is -0.217. The SMILES string of the molecule is CCc1cnccc1C(N)Cc1cc(Br)ccc1F. The van der Waals surface area contributed by atoms with Crippen molar-refractivity contribution >= 4 is 15.9 Å². The zero-order chi connectivity index (χ0) is 13.8. The minimum atomic E-state index is -0.221. The Morgan fingerprint density at radius 3 is 2.84 bits per heavy atom. The van der Waals surface area contributed by atoms with Gasteiger partial charge in [0.25, 0.3) is 0 Å². The van der Waals surface area contributed by atoms with Gasteiger partial charge in [-0.1, -0.05) is 22.9 Å². The Labute approximate surface area is 121 Å².